The molecule has 1 aliphatic rings. The fourth-order valence-corrected chi connectivity index (χ4v) is 4.42. The second-order valence-electron chi connectivity index (χ2n) is 8.87. The summed E-state index contributed by atoms with van der Waals surface area (Å²) in [6, 6.07) is 18.1. The molecule has 1 atom stereocenters. The Kier molecular flexibility index (Phi) is 7.40. The number of nitrogens with zero attached hydrogens (tertiary/aromatic N) is 3. The van der Waals surface area contributed by atoms with Crippen molar-refractivity contribution in [3.8, 4) is 0 Å². The molecule has 1 aliphatic heterocycles. The van der Waals surface area contributed by atoms with E-state index in [1.807, 2.05) is 35.2 Å². The van der Waals surface area contributed by atoms with Gasteiger partial charge in [0.15, 0.2) is 0 Å². The van der Waals surface area contributed by atoms with Gasteiger partial charge in [-0.15, -0.1) is 0 Å². The molecule has 0 aliphatic carbocycles. The number of benzene rings is 2. The quantitative estimate of drug-likeness (QED) is 0.519. The maximum absolute atomic E-state index is 13.5. The summed E-state index contributed by atoms with van der Waals surface area (Å²) in [5, 5.41) is 1.82. The number of morpholine rings is 1. The minimum Gasteiger partial charge on any atom is -0.366 e. The van der Waals surface area contributed by atoms with E-state index < -0.39 is 6.10 Å². The Morgan fingerprint density at radius 1 is 1.19 bits per heavy atom. The van der Waals surface area contributed by atoms with Gasteiger partial charge >= 0.3 is 0 Å². The third-order valence-corrected chi connectivity index (χ3v) is 5.89. The summed E-state index contributed by atoms with van der Waals surface area (Å²) in [5.74, 6) is 0.424. The molecule has 1 fully saturated rings. The Morgan fingerprint density at radius 2 is 2.06 bits per heavy atom. The Bertz CT molecular complexity index is 1070. The van der Waals surface area contributed by atoms with E-state index >= 15 is 0 Å². The number of aromatic nitrogens is 1. The molecule has 0 saturated carbocycles. The van der Waals surface area contributed by atoms with Crippen LogP contribution in [0.5, 0.6) is 0 Å². The first-order valence-corrected chi connectivity index (χ1v) is 11.6. The van der Waals surface area contributed by atoms with Gasteiger partial charge in [-0.25, -0.2) is 0 Å². The molecule has 0 N–H and O–H groups in total. The number of pyridine rings is 1. The predicted molar refractivity (Wildman–Crippen MR) is 128 cm³/mol. The highest BCUT2D eigenvalue weighted by atomic mass is 35.5. The van der Waals surface area contributed by atoms with E-state index in [-0.39, 0.29) is 5.91 Å². The van der Waals surface area contributed by atoms with Crippen LogP contribution in [0.3, 0.4) is 0 Å². The second-order valence-corrected chi connectivity index (χ2v) is 9.30. The van der Waals surface area contributed by atoms with Gasteiger partial charge in [-0.3, -0.25) is 14.7 Å². The SMILES string of the molecule is CC(C)CN(Cc1ccc2ncccc2c1)C(=O)[C@H]1CN(Cc2cccc(Cl)c2)CCO1. The van der Waals surface area contributed by atoms with Gasteiger partial charge in [0.05, 0.1) is 12.1 Å². The van der Waals surface area contributed by atoms with Gasteiger partial charge in [-0.1, -0.05) is 49.7 Å². The highest BCUT2D eigenvalue weighted by molar-refractivity contribution is 6.30. The smallest absolute Gasteiger partial charge is 0.253 e. The van der Waals surface area contributed by atoms with Crippen molar-refractivity contribution in [2.75, 3.05) is 26.2 Å². The molecule has 2 aromatic carbocycles. The second kappa shape index (κ2) is 10.4. The molecule has 1 saturated heterocycles. The summed E-state index contributed by atoms with van der Waals surface area (Å²) in [5.41, 5.74) is 3.21. The third-order valence-electron chi connectivity index (χ3n) is 5.66. The van der Waals surface area contributed by atoms with Crippen LogP contribution >= 0.6 is 11.6 Å². The van der Waals surface area contributed by atoms with Crippen LogP contribution in [0.15, 0.2) is 60.8 Å². The molecule has 2 heterocycles. The first-order valence-electron chi connectivity index (χ1n) is 11.2. The average molecular weight is 452 g/mol. The van der Waals surface area contributed by atoms with Crippen LogP contribution in [-0.4, -0.2) is 53.0 Å². The summed E-state index contributed by atoms with van der Waals surface area (Å²) in [6.45, 7) is 8.23. The average Bonchev–Trinajstić information content (AvgIpc) is 2.78. The summed E-state index contributed by atoms with van der Waals surface area (Å²) in [7, 11) is 0. The van der Waals surface area contributed by atoms with Gasteiger partial charge in [-0.05, 0) is 47.4 Å². The number of hydrogen-bond acceptors (Lipinski definition) is 4. The molecule has 1 amide bonds. The van der Waals surface area contributed by atoms with Gasteiger partial charge < -0.3 is 9.64 Å². The highest BCUT2D eigenvalue weighted by Crippen LogP contribution is 2.19. The molecule has 5 nitrogen and oxygen atoms in total. The van der Waals surface area contributed by atoms with Gasteiger partial charge in [0.2, 0.25) is 0 Å². The molecule has 4 rings (SSSR count). The van der Waals surface area contributed by atoms with Crippen molar-refractivity contribution in [1.29, 1.82) is 0 Å². The van der Waals surface area contributed by atoms with Crippen molar-refractivity contribution in [3.05, 3.63) is 76.9 Å². The van der Waals surface area contributed by atoms with Gasteiger partial charge in [0.25, 0.3) is 5.91 Å². The summed E-state index contributed by atoms with van der Waals surface area (Å²) < 4.78 is 5.93. The number of rotatable bonds is 7. The van der Waals surface area contributed by atoms with Gasteiger partial charge in [0, 0.05) is 49.3 Å². The molecule has 6 heteroatoms. The summed E-state index contributed by atoms with van der Waals surface area (Å²) in [4.78, 5) is 22.1. The lowest BCUT2D eigenvalue weighted by atomic mass is 10.1. The number of carbonyl (C=O) groups is 1. The standard InChI is InChI=1S/C26H30ClN3O2/c1-19(2)15-30(17-21-8-9-24-22(13-21)6-4-10-28-24)26(31)25-18-29(11-12-32-25)16-20-5-3-7-23(27)14-20/h3-10,13-14,19,25H,11-12,15-18H2,1-2H3/t25-/m1/s1. The van der Waals surface area contributed by atoms with Crippen molar-refractivity contribution in [3.63, 3.8) is 0 Å². The third kappa shape index (κ3) is 5.85. The zero-order chi connectivity index (χ0) is 22.5. The van der Waals surface area contributed by atoms with E-state index in [1.165, 1.54) is 0 Å². The first-order chi connectivity index (χ1) is 15.5. The molecule has 3 aromatic rings. The number of amides is 1. The minimum absolute atomic E-state index is 0.0563. The van der Waals surface area contributed by atoms with E-state index in [9.17, 15) is 4.79 Å². The zero-order valence-electron chi connectivity index (χ0n) is 18.7. The van der Waals surface area contributed by atoms with Crippen LogP contribution in [0.1, 0.15) is 25.0 Å². The topological polar surface area (TPSA) is 45.7 Å². The van der Waals surface area contributed by atoms with Crippen LogP contribution in [-0.2, 0) is 22.6 Å². The summed E-state index contributed by atoms with van der Waals surface area (Å²) >= 11 is 6.14. The molecule has 0 spiro atoms. The lowest BCUT2D eigenvalue weighted by molar-refractivity contribution is -0.151. The molecule has 0 unspecified atom stereocenters. The summed E-state index contributed by atoms with van der Waals surface area (Å²) in [6.07, 6.45) is 1.34. The number of carbonyl (C=O) groups excluding carboxylic acids is 1. The van der Waals surface area contributed by atoms with E-state index in [0.717, 1.165) is 40.1 Å². The monoisotopic (exact) mass is 451 g/mol. The Labute approximate surface area is 194 Å². The normalized spacial score (nSPS) is 17.1. The van der Waals surface area contributed by atoms with Crippen molar-refractivity contribution in [2.45, 2.75) is 33.0 Å². The molecule has 32 heavy (non-hydrogen) atoms. The lowest BCUT2D eigenvalue weighted by Gasteiger charge is -2.35. The molecular formula is C26H30ClN3O2. The fraction of sp³-hybridized carbons (Fsp3) is 0.385. The number of fused-ring (bicyclic) bond motifs is 1. The number of ether oxygens (including phenoxy) is 1. The Hall–Kier alpha value is -2.47. The fourth-order valence-electron chi connectivity index (χ4n) is 4.21. The van der Waals surface area contributed by atoms with E-state index in [0.29, 0.717) is 32.2 Å². The van der Waals surface area contributed by atoms with Crippen molar-refractivity contribution < 1.29 is 9.53 Å². The molecule has 0 radical (unpaired) electrons. The predicted octanol–water partition coefficient (Wildman–Crippen LogP) is 4.77. The van der Waals surface area contributed by atoms with Gasteiger partial charge in [-0.2, -0.15) is 0 Å². The van der Waals surface area contributed by atoms with Crippen LogP contribution in [0.2, 0.25) is 5.02 Å². The van der Waals surface area contributed by atoms with Crippen LogP contribution in [0.4, 0.5) is 0 Å². The van der Waals surface area contributed by atoms with E-state index in [1.54, 1.807) is 6.20 Å². The maximum atomic E-state index is 13.5. The van der Waals surface area contributed by atoms with E-state index in [2.05, 4.69) is 48.0 Å². The molecule has 168 valence electrons. The molecular weight excluding hydrogens is 422 g/mol. The van der Waals surface area contributed by atoms with Crippen LogP contribution in [0.25, 0.3) is 10.9 Å². The maximum Gasteiger partial charge on any atom is 0.253 e. The number of halogens is 1. The Balaban J connectivity index is 1.46. The molecule has 0 bridgehead atoms. The van der Waals surface area contributed by atoms with Crippen molar-refractivity contribution >= 4 is 28.4 Å². The van der Waals surface area contributed by atoms with Crippen molar-refractivity contribution in [2.24, 2.45) is 5.92 Å². The van der Waals surface area contributed by atoms with Gasteiger partial charge in [0.1, 0.15) is 6.10 Å². The van der Waals surface area contributed by atoms with E-state index in [4.69, 9.17) is 16.3 Å². The number of hydrogen-bond donors (Lipinski definition) is 0. The highest BCUT2D eigenvalue weighted by Gasteiger charge is 2.30. The first kappa shape index (κ1) is 22.7. The van der Waals surface area contributed by atoms with Crippen LogP contribution in [0, 0.1) is 5.92 Å². The minimum atomic E-state index is -0.455. The van der Waals surface area contributed by atoms with Crippen LogP contribution < -0.4 is 0 Å². The lowest BCUT2D eigenvalue weighted by Crippen LogP contribution is -2.51. The Morgan fingerprint density at radius 3 is 2.88 bits per heavy atom. The molecule has 1 aromatic heterocycles. The van der Waals surface area contributed by atoms with Crippen molar-refractivity contribution in [1.82, 2.24) is 14.8 Å². The zero-order valence-corrected chi connectivity index (χ0v) is 19.5. The largest absolute Gasteiger partial charge is 0.366 e.